The lowest BCUT2D eigenvalue weighted by atomic mass is 9.81. The van der Waals surface area contributed by atoms with E-state index in [2.05, 4.69) is 78.8 Å². The van der Waals surface area contributed by atoms with Crippen molar-refractivity contribution in [1.29, 1.82) is 0 Å². The second kappa shape index (κ2) is 12.9. The summed E-state index contributed by atoms with van der Waals surface area (Å²) < 4.78 is 11.7. The Morgan fingerprint density at radius 3 is 2.27 bits per heavy atom. The normalized spacial score (nSPS) is 13.9. The van der Waals surface area contributed by atoms with Crippen molar-refractivity contribution < 1.29 is 9.47 Å². The number of nitrogens with zero attached hydrogens (tertiary/aromatic N) is 1. The minimum atomic E-state index is -0.0503. The molecule has 4 heteroatoms. The third-order valence-electron chi connectivity index (χ3n) is 7.04. The fourth-order valence-corrected chi connectivity index (χ4v) is 6.81. The predicted molar refractivity (Wildman–Crippen MR) is 162 cm³/mol. The van der Waals surface area contributed by atoms with E-state index in [0.29, 0.717) is 8.58 Å². The number of hydrogen-bond acceptors (Lipinski definition) is 3. The number of rotatable bonds is 11. The van der Waals surface area contributed by atoms with Crippen LogP contribution in [-0.4, -0.2) is 20.1 Å². The molecule has 3 rings (SSSR count). The van der Waals surface area contributed by atoms with Crippen molar-refractivity contribution >= 4 is 25.8 Å². The maximum Gasteiger partial charge on any atom is 0.188 e. The molecule has 2 atom stereocenters. The Balaban J connectivity index is 2.20. The van der Waals surface area contributed by atoms with Crippen LogP contribution in [0.5, 0.6) is 5.75 Å². The molecular weight excluding hydrogens is 473 g/mol. The average molecular weight is 518 g/mol. The third-order valence-corrected chi connectivity index (χ3v) is 9.32. The maximum atomic E-state index is 6.30. The molecule has 0 fully saturated rings. The van der Waals surface area contributed by atoms with Crippen molar-refractivity contribution in [2.45, 2.75) is 78.3 Å². The van der Waals surface area contributed by atoms with Gasteiger partial charge in [0.1, 0.15) is 5.75 Å². The van der Waals surface area contributed by atoms with Gasteiger partial charge < -0.3 is 9.47 Å². The van der Waals surface area contributed by atoms with E-state index in [1.807, 2.05) is 36.5 Å². The van der Waals surface area contributed by atoms with E-state index >= 15 is 0 Å². The molecule has 0 saturated carbocycles. The van der Waals surface area contributed by atoms with Crippen molar-refractivity contribution in [1.82, 2.24) is 0 Å². The van der Waals surface area contributed by atoms with E-state index in [1.165, 1.54) is 33.1 Å². The maximum absolute atomic E-state index is 6.30. The molecule has 37 heavy (non-hydrogen) atoms. The van der Waals surface area contributed by atoms with E-state index in [-0.39, 0.29) is 17.4 Å². The van der Waals surface area contributed by atoms with E-state index in [0.717, 1.165) is 30.7 Å². The Morgan fingerprint density at radius 1 is 0.919 bits per heavy atom. The topological polar surface area (TPSA) is 30.8 Å². The zero-order valence-electron chi connectivity index (χ0n) is 23.9. The molecule has 0 spiro atoms. The first-order valence-electron chi connectivity index (χ1n) is 13.4. The van der Waals surface area contributed by atoms with Gasteiger partial charge in [-0.2, -0.15) is 0 Å². The number of methoxy groups -OCH3 is 1. The summed E-state index contributed by atoms with van der Waals surface area (Å²) >= 11 is 0. The van der Waals surface area contributed by atoms with Gasteiger partial charge in [-0.05, 0) is 66.2 Å². The largest absolute Gasteiger partial charge is 0.467 e. The minimum absolute atomic E-state index is 0.0459. The fraction of sp³-hybridized carbons (Fsp3) is 0.424. The van der Waals surface area contributed by atoms with Crippen molar-refractivity contribution in [2.75, 3.05) is 13.9 Å². The van der Waals surface area contributed by atoms with Gasteiger partial charge in [0.2, 0.25) is 0 Å². The van der Waals surface area contributed by atoms with Gasteiger partial charge in [0.05, 0.1) is 5.69 Å². The molecule has 0 heterocycles. The molecule has 0 amide bonds. The second-order valence-corrected chi connectivity index (χ2v) is 12.6. The van der Waals surface area contributed by atoms with Crippen molar-refractivity contribution in [3.05, 3.63) is 88.5 Å². The number of aryl methyl sites for hydroxylation is 2. The number of para-hydroxylation sites is 1. The summed E-state index contributed by atoms with van der Waals surface area (Å²) in [5.41, 5.74) is 7.35. The summed E-state index contributed by atoms with van der Waals surface area (Å²) in [5.74, 6) is 0.978. The molecule has 0 saturated heterocycles. The molecule has 0 aliphatic rings. The lowest BCUT2D eigenvalue weighted by Gasteiger charge is -2.37. The Morgan fingerprint density at radius 2 is 1.65 bits per heavy atom. The van der Waals surface area contributed by atoms with Crippen LogP contribution in [0.25, 0.3) is 0 Å². The summed E-state index contributed by atoms with van der Waals surface area (Å²) in [6, 6.07) is 21.4. The molecule has 2 unspecified atom stereocenters. The van der Waals surface area contributed by atoms with E-state index < -0.39 is 0 Å². The quantitative estimate of drug-likeness (QED) is 0.145. The highest BCUT2D eigenvalue weighted by Gasteiger charge is 2.36. The number of hydrogen-bond donors (Lipinski definition) is 0. The van der Waals surface area contributed by atoms with Crippen molar-refractivity contribution in [2.24, 2.45) is 4.99 Å². The van der Waals surface area contributed by atoms with E-state index in [9.17, 15) is 0 Å². The van der Waals surface area contributed by atoms with E-state index in [1.54, 1.807) is 7.11 Å². The highest BCUT2D eigenvalue weighted by atomic mass is 31.1. The third kappa shape index (κ3) is 7.09. The predicted octanol–water partition coefficient (Wildman–Crippen LogP) is 8.74. The molecule has 3 nitrogen and oxygen atoms in total. The van der Waals surface area contributed by atoms with Gasteiger partial charge in [-0.25, -0.2) is 0 Å². The molecular formula is C33H44NO2P. The van der Waals surface area contributed by atoms with Gasteiger partial charge in [-0.3, -0.25) is 4.99 Å². The van der Waals surface area contributed by atoms with Crippen LogP contribution in [0.15, 0.2) is 65.7 Å². The van der Waals surface area contributed by atoms with Crippen LogP contribution in [0.3, 0.4) is 0 Å². The first kappa shape index (κ1) is 29.1. The molecule has 0 N–H and O–H groups in total. The molecule has 0 bridgehead atoms. The smallest absolute Gasteiger partial charge is 0.188 e. The Hall–Kier alpha value is -2.48. The SMILES string of the molecule is CCCC(CC)(Pc1c(C)cccc1C=Nc1ccccc1)c1cc(C(C)(C)C)cc(C)c1OCOC. The van der Waals surface area contributed by atoms with Crippen LogP contribution >= 0.6 is 8.58 Å². The Bertz CT molecular complexity index is 1200. The van der Waals surface area contributed by atoms with Crippen LogP contribution in [0.1, 0.15) is 81.7 Å². The van der Waals surface area contributed by atoms with Gasteiger partial charge >= 0.3 is 0 Å². The second-order valence-electron chi connectivity index (χ2n) is 10.9. The Kier molecular flexibility index (Phi) is 10.1. The molecule has 0 aliphatic carbocycles. The highest BCUT2D eigenvalue weighted by Crippen LogP contribution is 2.53. The first-order chi connectivity index (χ1) is 17.6. The monoisotopic (exact) mass is 517 g/mol. The standard InChI is InChI=1S/C33H44NO2P/c1-9-19-33(10-2,29-21-27(32(5,6)7)20-25(4)30(29)36-23-35-8)37-31-24(3)15-14-16-26(31)22-34-28-17-12-11-13-18-28/h11-18,20-22,37H,9-10,19,23H2,1-8H3. The molecule has 3 aromatic rings. The average Bonchev–Trinajstić information content (AvgIpc) is 2.87. The zero-order valence-corrected chi connectivity index (χ0v) is 24.9. The molecule has 198 valence electrons. The van der Waals surface area contributed by atoms with E-state index in [4.69, 9.17) is 14.5 Å². The summed E-state index contributed by atoms with van der Waals surface area (Å²) in [4.78, 5) is 4.81. The van der Waals surface area contributed by atoms with Crippen LogP contribution in [0.4, 0.5) is 5.69 Å². The summed E-state index contributed by atoms with van der Waals surface area (Å²) in [7, 11) is 2.27. The van der Waals surface area contributed by atoms with Gasteiger partial charge in [-0.1, -0.05) is 98.2 Å². The Labute approximate surface area is 226 Å². The minimum Gasteiger partial charge on any atom is -0.467 e. The first-order valence-corrected chi connectivity index (χ1v) is 14.4. The van der Waals surface area contributed by atoms with Crippen LogP contribution in [0, 0.1) is 13.8 Å². The lowest BCUT2D eigenvalue weighted by molar-refractivity contribution is 0.0493. The van der Waals surface area contributed by atoms with Crippen LogP contribution in [0.2, 0.25) is 0 Å². The van der Waals surface area contributed by atoms with Gasteiger partial charge in [0.25, 0.3) is 0 Å². The molecule has 0 radical (unpaired) electrons. The summed E-state index contributed by atoms with van der Waals surface area (Å²) in [6.45, 7) is 16.1. The number of benzene rings is 3. The number of ether oxygens (including phenoxy) is 2. The van der Waals surface area contributed by atoms with Gasteiger partial charge in [0.15, 0.2) is 6.79 Å². The van der Waals surface area contributed by atoms with Crippen LogP contribution in [-0.2, 0) is 15.3 Å². The molecule has 0 aliphatic heterocycles. The molecule has 0 aromatic heterocycles. The lowest BCUT2D eigenvalue weighted by Crippen LogP contribution is -2.27. The van der Waals surface area contributed by atoms with Gasteiger partial charge in [0, 0.05) is 29.6 Å². The van der Waals surface area contributed by atoms with Crippen LogP contribution < -0.4 is 10.0 Å². The summed E-state index contributed by atoms with van der Waals surface area (Å²) in [5, 5.41) is 1.33. The molecule has 3 aromatic carbocycles. The van der Waals surface area contributed by atoms with Gasteiger partial charge in [-0.15, -0.1) is 0 Å². The highest BCUT2D eigenvalue weighted by molar-refractivity contribution is 7.49. The summed E-state index contributed by atoms with van der Waals surface area (Å²) in [6.07, 6.45) is 5.25. The number of aliphatic imine (C=N–C) groups is 1. The van der Waals surface area contributed by atoms with Crippen molar-refractivity contribution in [3.63, 3.8) is 0 Å². The zero-order chi connectivity index (χ0) is 27.1. The fourth-order valence-electron chi connectivity index (χ4n) is 4.88. The van der Waals surface area contributed by atoms with Crippen molar-refractivity contribution in [3.8, 4) is 5.75 Å².